The van der Waals surface area contributed by atoms with E-state index in [9.17, 15) is 0 Å². The molecule has 1 aromatic rings. The number of nitrogens with one attached hydrogen (secondary N) is 1. The number of anilines is 2. The SMILES string of the molecule is CCCN(C)c1cncc(NCC)n1. The highest BCUT2D eigenvalue weighted by Crippen LogP contribution is 2.10. The van der Waals surface area contributed by atoms with Crippen molar-refractivity contribution in [3.63, 3.8) is 0 Å². The van der Waals surface area contributed by atoms with Crippen molar-refractivity contribution in [1.29, 1.82) is 0 Å². The molecule has 4 heteroatoms. The summed E-state index contributed by atoms with van der Waals surface area (Å²) >= 11 is 0. The third-order valence-electron chi connectivity index (χ3n) is 1.93. The van der Waals surface area contributed by atoms with Crippen molar-refractivity contribution >= 4 is 11.6 Å². The topological polar surface area (TPSA) is 41.1 Å². The van der Waals surface area contributed by atoms with Gasteiger partial charge in [0.15, 0.2) is 0 Å². The fourth-order valence-electron chi connectivity index (χ4n) is 1.26. The molecular formula is C10H18N4. The van der Waals surface area contributed by atoms with Gasteiger partial charge in [0.05, 0.1) is 12.4 Å². The fraction of sp³-hybridized carbons (Fsp3) is 0.600. The summed E-state index contributed by atoms with van der Waals surface area (Å²) in [4.78, 5) is 10.7. The number of nitrogens with zero attached hydrogens (tertiary/aromatic N) is 3. The van der Waals surface area contributed by atoms with Crippen molar-refractivity contribution < 1.29 is 0 Å². The summed E-state index contributed by atoms with van der Waals surface area (Å²) in [5.74, 6) is 1.76. The molecule has 0 aliphatic heterocycles. The molecule has 0 spiro atoms. The first kappa shape index (κ1) is 10.8. The van der Waals surface area contributed by atoms with E-state index in [4.69, 9.17) is 0 Å². The molecular weight excluding hydrogens is 176 g/mol. The van der Waals surface area contributed by atoms with Crippen molar-refractivity contribution in [3.05, 3.63) is 12.4 Å². The van der Waals surface area contributed by atoms with Gasteiger partial charge in [0.2, 0.25) is 0 Å². The van der Waals surface area contributed by atoms with Crippen molar-refractivity contribution in [2.75, 3.05) is 30.4 Å². The summed E-state index contributed by atoms with van der Waals surface area (Å²) < 4.78 is 0. The van der Waals surface area contributed by atoms with E-state index in [-0.39, 0.29) is 0 Å². The van der Waals surface area contributed by atoms with Crippen LogP contribution >= 0.6 is 0 Å². The average molecular weight is 194 g/mol. The quantitative estimate of drug-likeness (QED) is 0.775. The van der Waals surface area contributed by atoms with Crippen molar-refractivity contribution in [2.45, 2.75) is 20.3 Å². The Bertz CT molecular complexity index is 275. The molecule has 14 heavy (non-hydrogen) atoms. The lowest BCUT2D eigenvalue weighted by atomic mass is 10.4. The van der Waals surface area contributed by atoms with Crippen LogP contribution in [0.5, 0.6) is 0 Å². The van der Waals surface area contributed by atoms with Gasteiger partial charge in [-0.3, -0.25) is 4.98 Å². The molecule has 0 aliphatic rings. The Morgan fingerprint density at radius 2 is 2.14 bits per heavy atom. The van der Waals surface area contributed by atoms with Crippen LogP contribution in [-0.4, -0.2) is 30.1 Å². The van der Waals surface area contributed by atoms with Gasteiger partial charge in [-0.25, -0.2) is 4.98 Å². The molecule has 0 fully saturated rings. The predicted octanol–water partition coefficient (Wildman–Crippen LogP) is 1.75. The molecule has 0 unspecified atom stereocenters. The molecule has 0 radical (unpaired) electrons. The Morgan fingerprint density at radius 1 is 1.36 bits per heavy atom. The molecule has 1 heterocycles. The Morgan fingerprint density at radius 3 is 2.79 bits per heavy atom. The molecule has 0 bridgehead atoms. The summed E-state index contributed by atoms with van der Waals surface area (Å²) in [5, 5.41) is 3.14. The van der Waals surface area contributed by atoms with Crippen LogP contribution in [-0.2, 0) is 0 Å². The lowest BCUT2D eigenvalue weighted by molar-refractivity contribution is 0.833. The number of rotatable bonds is 5. The van der Waals surface area contributed by atoms with Crippen LogP contribution in [0.4, 0.5) is 11.6 Å². The maximum Gasteiger partial charge on any atom is 0.149 e. The molecule has 0 saturated carbocycles. The van der Waals surface area contributed by atoms with Crippen LogP contribution in [0.3, 0.4) is 0 Å². The standard InChI is InChI=1S/C10H18N4/c1-4-6-14(3)10-8-11-7-9(13-10)12-5-2/h7-8H,4-6H2,1-3H3,(H,12,13). The molecule has 0 aliphatic carbocycles. The maximum atomic E-state index is 4.43. The lowest BCUT2D eigenvalue weighted by Gasteiger charge is -2.17. The third kappa shape index (κ3) is 2.87. The molecule has 1 aromatic heterocycles. The molecule has 0 aromatic carbocycles. The van der Waals surface area contributed by atoms with Gasteiger partial charge in [-0.15, -0.1) is 0 Å². The van der Waals surface area contributed by atoms with E-state index < -0.39 is 0 Å². The van der Waals surface area contributed by atoms with Gasteiger partial charge in [-0.2, -0.15) is 0 Å². The minimum Gasteiger partial charge on any atom is -0.369 e. The van der Waals surface area contributed by atoms with Crippen LogP contribution in [0, 0.1) is 0 Å². The van der Waals surface area contributed by atoms with E-state index in [0.29, 0.717) is 0 Å². The second-order valence-electron chi connectivity index (χ2n) is 3.21. The van der Waals surface area contributed by atoms with Crippen molar-refractivity contribution in [2.24, 2.45) is 0 Å². The summed E-state index contributed by atoms with van der Waals surface area (Å²) in [6.07, 6.45) is 4.65. The Kier molecular flexibility index (Phi) is 4.16. The average Bonchev–Trinajstić information content (AvgIpc) is 2.19. The highest BCUT2D eigenvalue weighted by Gasteiger charge is 2.02. The van der Waals surface area contributed by atoms with E-state index in [1.807, 2.05) is 14.0 Å². The first-order chi connectivity index (χ1) is 6.77. The fourth-order valence-corrected chi connectivity index (χ4v) is 1.26. The Balaban J connectivity index is 2.71. The summed E-state index contributed by atoms with van der Waals surface area (Å²) in [5.41, 5.74) is 0. The monoisotopic (exact) mass is 194 g/mol. The molecule has 0 saturated heterocycles. The second-order valence-corrected chi connectivity index (χ2v) is 3.21. The van der Waals surface area contributed by atoms with E-state index in [1.165, 1.54) is 0 Å². The zero-order chi connectivity index (χ0) is 10.4. The first-order valence-electron chi connectivity index (χ1n) is 5.05. The second kappa shape index (κ2) is 5.42. The molecule has 78 valence electrons. The number of aromatic nitrogens is 2. The highest BCUT2D eigenvalue weighted by atomic mass is 15.2. The number of hydrogen-bond acceptors (Lipinski definition) is 4. The smallest absolute Gasteiger partial charge is 0.149 e. The van der Waals surface area contributed by atoms with Gasteiger partial charge in [0, 0.05) is 20.1 Å². The minimum atomic E-state index is 0.841. The molecule has 0 amide bonds. The Labute approximate surface area is 85.4 Å². The number of hydrogen-bond donors (Lipinski definition) is 1. The van der Waals surface area contributed by atoms with Gasteiger partial charge < -0.3 is 10.2 Å². The van der Waals surface area contributed by atoms with Crippen LogP contribution in [0.15, 0.2) is 12.4 Å². The van der Waals surface area contributed by atoms with Gasteiger partial charge >= 0.3 is 0 Å². The maximum absolute atomic E-state index is 4.43. The molecule has 1 N–H and O–H groups in total. The molecule has 1 rings (SSSR count). The van der Waals surface area contributed by atoms with Gasteiger partial charge in [-0.05, 0) is 13.3 Å². The molecule has 4 nitrogen and oxygen atoms in total. The van der Waals surface area contributed by atoms with Crippen LogP contribution in [0.1, 0.15) is 20.3 Å². The summed E-state index contributed by atoms with van der Waals surface area (Å²) in [7, 11) is 2.03. The van der Waals surface area contributed by atoms with Gasteiger partial charge in [-0.1, -0.05) is 6.92 Å². The summed E-state index contributed by atoms with van der Waals surface area (Å²) in [6, 6.07) is 0. The van der Waals surface area contributed by atoms with Crippen LogP contribution in [0.2, 0.25) is 0 Å². The van der Waals surface area contributed by atoms with Crippen LogP contribution < -0.4 is 10.2 Å². The van der Waals surface area contributed by atoms with E-state index >= 15 is 0 Å². The zero-order valence-electron chi connectivity index (χ0n) is 9.12. The van der Waals surface area contributed by atoms with E-state index in [0.717, 1.165) is 31.1 Å². The lowest BCUT2D eigenvalue weighted by Crippen LogP contribution is -2.19. The van der Waals surface area contributed by atoms with E-state index in [1.54, 1.807) is 12.4 Å². The van der Waals surface area contributed by atoms with Crippen molar-refractivity contribution in [3.8, 4) is 0 Å². The van der Waals surface area contributed by atoms with Crippen LogP contribution in [0.25, 0.3) is 0 Å². The zero-order valence-corrected chi connectivity index (χ0v) is 9.12. The molecule has 0 atom stereocenters. The van der Waals surface area contributed by atoms with Gasteiger partial charge in [0.1, 0.15) is 11.6 Å². The Hall–Kier alpha value is -1.32. The van der Waals surface area contributed by atoms with E-state index in [2.05, 4.69) is 27.1 Å². The summed E-state index contributed by atoms with van der Waals surface area (Å²) in [6.45, 7) is 6.07. The third-order valence-corrected chi connectivity index (χ3v) is 1.93. The predicted molar refractivity (Wildman–Crippen MR) is 59.8 cm³/mol. The first-order valence-corrected chi connectivity index (χ1v) is 5.05. The normalized spacial score (nSPS) is 9.93. The van der Waals surface area contributed by atoms with Crippen molar-refractivity contribution in [1.82, 2.24) is 9.97 Å². The minimum absolute atomic E-state index is 0.841. The largest absolute Gasteiger partial charge is 0.369 e. The highest BCUT2D eigenvalue weighted by molar-refractivity contribution is 5.42. The van der Waals surface area contributed by atoms with Gasteiger partial charge in [0.25, 0.3) is 0 Å².